The summed E-state index contributed by atoms with van der Waals surface area (Å²) in [4.78, 5) is 63.9. The molecule has 2 aromatic carbocycles. The lowest BCUT2D eigenvalue weighted by atomic mass is 10.2. The monoisotopic (exact) mass is 491 g/mol. The third kappa shape index (κ3) is 5.33. The highest BCUT2D eigenvalue weighted by Crippen LogP contribution is 2.28. The van der Waals surface area contributed by atoms with Crippen LogP contribution in [0, 0.1) is 0 Å². The number of benzene rings is 2. The van der Waals surface area contributed by atoms with Gasteiger partial charge in [0.1, 0.15) is 25.0 Å². The molecule has 1 atom stereocenters. The Morgan fingerprint density at radius 1 is 0.944 bits per heavy atom. The minimum absolute atomic E-state index is 0.0432. The predicted molar refractivity (Wildman–Crippen MR) is 131 cm³/mol. The average molecular weight is 492 g/mol. The number of hydrogen-bond donors (Lipinski definition) is 0. The van der Waals surface area contributed by atoms with E-state index in [1.54, 1.807) is 47.4 Å². The van der Waals surface area contributed by atoms with Crippen LogP contribution in [-0.4, -0.2) is 53.1 Å². The van der Waals surface area contributed by atoms with Gasteiger partial charge in [-0.25, -0.2) is 4.79 Å². The Morgan fingerprint density at radius 2 is 1.67 bits per heavy atom. The van der Waals surface area contributed by atoms with Gasteiger partial charge >= 0.3 is 5.69 Å². The van der Waals surface area contributed by atoms with Gasteiger partial charge in [0, 0.05) is 30.1 Å². The quantitative estimate of drug-likeness (QED) is 0.418. The van der Waals surface area contributed by atoms with Gasteiger partial charge in [-0.2, -0.15) is 4.57 Å². The van der Waals surface area contributed by atoms with Gasteiger partial charge in [0.25, 0.3) is 11.5 Å². The van der Waals surface area contributed by atoms with Gasteiger partial charge in [-0.3, -0.25) is 23.7 Å². The number of ether oxygens (including phenoxy) is 2. The molecule has 1 aliphatic heterocycles. The van der Waals surface area contributed by atoms with E-state index in [0.29, 0.717) is 29.0 Å². The molecule has 0 saturated carbocycles. The number of amides is 1. The lowest BCUT2D eigenvalue weighted by Gasteiger charge is -2.18. The van der Waals surface area contributed by atoms with Crippen LogP contribution in [0.5, 0.6) is 5.75 Å². The molecule has 10 nitrogen and oxygen atoms in total. The van der Waals surface area contributed by atoms with Crippen LogP contribution in [0.2, 0.25) is 0 Å². The summed E-state index contributed by atoms with van der Waals surface area (Å²) in [6, 6.07) is 15.2. The van der Waals surface area contributed by atoms with Crippen LogP contribution >= 0.6 is 0 Å². The van der Waals surface area contributed by atoms with Crippen molar-refractivity contribution in [3.63, 3.8) is 0 Å². The molecular weight excluding hydrogens is 466 g/mol. The molecule has 3 aromatic rings. The Labute approximate surface area is 206 Å². The van der Waals surface area contributed by atoms with Crippen LogP contribution in [0.4, 0.5) is 5.69 Å². The summed E-state index contributed by atoms with van der Waals surface area (Å²) in [6.07, 6.45) is 1.60. The molecular formula is C26H25N3O7. The summed E-state index contributed by atoms with van der Waals surface area (Å²) in [5.74, 6) is -0.543. The number of Topliss-reactive ketones (excluding diaryl/α,β-unsaturated/α-hetero) is 1. The standard InChI is InChI=1S/C26H25N3O7/c1-18(30)17-35-15-16-36-21-9-7-20(8-10-21)27-13-11-22(25(27)33)28-14-12-23(31)29(26(28)34)24(32)19-5-3-2-4-6-19/h2-10,12,14,22H,11,13,15-17H2,1H3. The first kappa shape index (κ1) is 24.8. The smallest absolute Gasteiger partial charge is 0.338 e. The Bertz CT molecular complexity index is 1380. The normalized spacial score (nSPS) is 15.2. The van der Waals surface area contributed by atoms with Crippen LogP contribution in [0.15, 0.2) is 76.4 Å². The zero-order valence-corrected chi connectivity index (χ0v) is 19.7. The largest absolute Gasteiger partial charge is 0.491 e. The first-order valence-electron chi connectivity index (χ1n) is 11.4. The Kier molecular flexibility index (Phi) is 7.55. The fourth-order valence-electron chi connectivity index (χ4n) is 3.96. The van der Waals surface area contributed by atoms with Gasteiger partial charge < -0.3 is 14.4 Å². The lowest BCUT2D eigenvalue weighted by Crippen LogP contribution is -2.45. The summed E-state index contributed by atoms with van der Waals surface area (Å²) >= 11 is 0. The minimum Gasteiger partial charge on any atom is -0.491 e. The van der Waals surface area contributed by atoms with Crippen molar-refractivity contribution in [1.82, 2.24) is 9.13 Å². The summed E-state index contributed by atoms with van der Waals surface area (Å²) in [5.41, 5.74) is -0.784. The second-order valence-electron chi connectivity index (χ2n) is 8.24. The summed E-state index contributed by atoms with van der Waals surface area (Å²) in [7, 11) is 0. The zero-order valence-electron chi connectivity index (χ0n) is 19.7. The van der Waals surface area contributed by atoms with Crippen LogP contribution in [0.25, 0.3) is 0 Å². The fraction of sp³-hybridized carbons (Fsp3) is 0.269. The third-order valence-corrected chi connectivity index (χ3v) is 5.70. The number of carbonyl (C=O) groups excluding carboxylic acids is 3. The molecule has 0 bridgehead atoms. The van der Waals surface area contributed by atoms with Gasteiger partial charge in [-0.05, 0) is 49.7 Å². The molecule has 1 saturated heterocycles. The van der Waals surface area contributed by atoms with E-state index in [4.69, 9.17) is 9.47 Å². The molecule has 1 fully saturated rings. The number of rotatable bonds is 9. The van der Waals surface area contributed by atoms with Crippen LogP contribution in [0.3, 0.4) is 0 Å². The highest BCUT2D eigenvalue weighted by Gasteiger charge is 2.35. The highest BCUT2D eigenvalue weighted by molar-refractivity contribution is 5.98. The number of nitrogens with zero attached hydrogens (tertiary/aromatic N) is 3. The fourth-order valence-corrected chi connectivity index (χ4v) is 3.96. The average Bonchev–Trinajstić information content (AvgIpc) is 3.25. The topological polar surface area (TPSA) is 117 Å². The molecule has 1 amide bonds. The summed E-state index contributed by atoms with van der Waals surface area (Å²) in [5, 5.41) is 0. The first-order valence-corrected chi connectivity index (χ1v) is 11.4. The summed E-state index contributed by atoms with van der Waals surface area (Å²) in [6.45, 7) is 2.40. The van der Waals surface area contributed by atoms with Crippen LogP contribution < -0.4 is 20.9 Å². The molecule has 1 aromatic heterocycles. The molecule has 1 unspecified atom stereocenters. The highest BCUT2D eigenvalue weighted by atomic mass is 16.5. The lowest BCUT2D eigenvalue weighted by molar-refractivity contribution is -0.121. The summed E-state index contributed by atoms with van der Waals surface area (Å²) < 4.78 is 12.4. The van der Waals surface area contributed by atoms with Crippen molar-refractivity contribution in [2.24, 2.45) is 0 Å². The second kappa shape index (κ2) is 11.0. The number of aromatic nitrogens is 2. The molecule has 0 aliphatic carbocycles. The maximum atomic E-state index is 13.2. The number of carbonyl (C=O) groups is 3. The van der Waals surface area contributed by atoms with E-state index in [2.05, 4.69) is 0 Å². The SMILES string of the molecule is CC(=O)COCCOc1ccc(N2CCC(n3ccc(=O)n(C(=O)c4ccccc4)c3=O)C2=O)cc1. The van der Waals surface area contributed by atoms with Crippen molar-refractivity contribution >= 4 is 23.3 Å². The second-order valence-corrected chi connectivity index (χ2v) is 8.24. The third-order valence-electron chi connectivity index (χ3n) is 5.70. The van der Waals surface area contributed by atoms with Gasteiger partial charge in [0.2, 0.25) is 5.91 Å². The molecule has 0 radical (unpaired) electrons. The van der Waals surface area contributed by atoms with Gasteiger partial charge in [-0.1, -0.05) is 18.2 Å². The minimum atomic E-state index is -0.854. The van der Waals surface area contributed by atoms with Crippen molar-refractivity contribution < 1.29 is 23.9 Å². The molecule has 0 N–H and O–H groups in total. The molecule has 10 heteroatoms. The predicted octanol–water partition coefficient (Wildman–Crippen LogP) is 1.66. The van der Waals surface area contributed by atoms with E-state index in [0.717, 1.165) is 10.6 Å². The first-order chi connectivity index (χ1) is 17.4. The van der Waals surface area contributed by atoms with Crippen LogP contribution in [0.1, 0.15) is 29.7 Å². The van der Waals surface area contributed by atoms with Crippen molar-refractivity contribution in [1.29, 1.82) is 0 Å². The maximum absolute atomic E-state index is 13.2. The molecule has 0 spiro atoms. The number of hydrogen-bond acceptors (Lipinski definition) is 7. The Hall–Kier alpha value is -4.31. The number of ketones is 1. The van der Waals surface area contributed by atoms with E-state index in [9.17, 15) is 24.0 Å². The van der Waals surface area contributed by atoms with E-state index >= 15 is 0 Å². The Balaban J connectivity index is 1.47. The van der Waals surface area contributed by atoms with Gasteiger partial charge in [0.05, 0.1) is 6.61 Å². The molecule has 4 rings (SSSR count). The van der Waals surface area contributed by atoms with Gasteiger partial charge in [-0.15, -0.1) is 0 Å². The van der Waals surface area contributed by atoms with Gasteiger partial charge in [0.15, 0.2) is 5.78 Å². The number of anilines is 1. The van der Waals surface area contributed by atoms with E-state index < -0.39 is 23.2 Å². The van der Waals surface area contributed by atoms with E-state index in [1.165, 1.54) is 25.3 Å². The van der Waals surface area contributed by atoms with E-state index in [-0.39, 0.29) is 37.1 Å². The maximum Gasteiger partial charge on any atom is 0.338 e. The molecule has 2 heterocycles. The van der Waals surface area contributed by atoms with Crippen LogP contribution in [-0.2, 0) is 14.3 Å². The zero-order chi connectivity index (χ0) is 25.7. The molecule has 186 valence electrons. The molecule has 36 heavy (non-hydrogen) atoms. The van der Waals surface area contributed by atoms with Crippen molar-refractivity contribution in [3.8, 4) is 5.75 Å². The van der Waals surface area contributed by atoms with Crippen molar-refractivity contribution in [3.05, 3.63) is 93.3 Å². The van der Waals surface area contributed by atoms with E-state index in [1.807, 2.05) is 0 Å². The molecule has 1 aliphatic rings. The van der Waals surface area contributed by atoms with Crippen molar-refractivity contribution in [2.45, 2.75) is 19.4 Å². The Morgan fingerprint density at radius 3 is 2.36 bits per heavy atom. The van der Waals surface area contributed by atoms with Crippen molar-refractivity contribution in [2.75, 3.05) is 31.3 Å².